The first-order valence-corrected chi connectivity index (χ1v) is 24.4. The Bertz CT molecular complexity index is 2230. The Labute approximate surface area is 350 Å². The Morgan fingerprint density at radius 1 is 0.458 bits per heavy atom. The summed E-state index contributed by atoms with van der Waals surface area (Å²) >= 11 is 0. The molecule has 0 saturated carbocycles. The van der Waals surface area contributed by atoms with Gasteiger partial charge in [0.15, 0.2) is 18.9 Å². The molecular formula is C40H62N4O12S3. The van der Waals surface area contributed by atoms with Gasteiger partial charge in [0.25, 0.3) is 0 Å². The summed E-state index contributed by atoms with van der Waals surface area (Å²) in [6.07, 6.45) is -1.25. The summed E-state index contributed by atoms with van der Waals surface area (Å²) < 4.78 is 125. The lowest BCUT2D eigenvalue weighted by molar-refractivity contribution is -0.140. The van der Waals surface area contributed by atoms with Gasteiger partial charge >= 0.3 is 0 Å². The van der Waals surface area contributed by atoms with Crippen molar-refractivity contribution in [3.63, 3.8) is 0 Å². The standard InChI is InChI=1S/C40H62N4O12S3/c1-10-51-36(52-11-2)20-23-42(7)57(45,46)33-26-32(41)28-16-17-30-34(58(47,48)43(8)24-21-37(53-12-3)54-13-4)27-35(31-19-18-29(33)39(28)40(30)31)59(49,50)44(9)25-22-38(55-14-5)56-15-6/h16-19,26-27,36-38H,10-15,20-25,41H2,1-9H3. The Kier molecular flexibility index (Phi) is 17.7. The molecule has 2 N–H and O–H groups in total. The third-order valence-electron chi connectivity index (χ3n) is 10.0. The van der Waals surface area contributed by atoms with Gasteiger partial charge in [-0.3, -0.25) is 0 Å². The molecule has 0 atom stereocenters. The molecule has 0 aliphatic heterocycles. The molecule has 59 heavy (non-hydrogen) atoms. The van der Waals surface area contributed by atoms with E-state index >= 15 is 0 Å². The van der Waals surface area contributed by atoms with Gasteiger partial charge in [-0.1, -0.05) is 24.3 Å². The van der Waals surface area contributed by atoms with E-state index in [1.165, 1.54) is 43.6 Å². The molecule has 0 aliphatic carbocycles. The van der Waals surface area contributed by atoms with Crippen LogP contribution in [0.25, 0.3) is 32.3 Å². The van der Waals surface area contributed by atoms with Crippen LogP contribution in [-0.2, 0) is 58.5 Å². The SMILES string of the molecule is CCOC(CCN(C)S(=O)(=O)c1cc(N)c2ccc3c(S(=O)(=O)N(C)CCC(OCC)OCC)cc(S(=O)(=O)N(C)CCC(OCC)OCC)c4ccc1c2c34)OCC. The first kappa shape index (κ1) is 48.9. The Balaban J connectivity index is 1.99. The van der Waals surface area contributed by atoms with Gasteiger partial charge in [-0.15, -0.1) is 0 Å². The third kappa shape index (κ3) is 10.8. The molecule has 19 heteroatoms. The fourth-order valence-electron chi connectivity index (χ4n) is 7.05. The van der Waals surface area contributed by atoms with Crippen LogP contribution in [0.15, 0.2) is 51.1 Å². The van der Waals surface area contributed by atoms with Crippen LogP contribution in [0, 0.1) is 0 Å². The van der Waals surface area contributed by atoms with Crippen LogP contribution in [0.1, 0.15) is 60.8 Å². The molecule has 16 nitrogen and oxygen atoms in total. The highest BCUT2D eigenvalue weighted by Crippen LogP contribution is 2.45. The molecule has 0 fully saturated rings. The third-order valence-corrected chi connectivity index (χ3v) is 15.7. The van der Waals surface area contributed by atoms with Crippen LogP contribution < -0.4 is 5.73 Å². The first-order valence-electron chi connectivity index (χ1n) is 20.1. The van der Waals surface area contributed by atoms with Crippen LogP contribution in [0.4, 0.5) is 5.69 Å². The second-order valence-electron chi connectivity index (χ2n) is 13.8. The highest BCUT2D eigenvalue weighted by Gasteiger charge is 2.34. The van der Waals surface area contributed by atoms with Crippen molar-refractivity contribution < 1.29 is 53.7 Å². The minimum atomic E-state index is -4.41. The van der Waals surface area contributed by atoms with E-state index in [-0.39, 0.29) is 80.8 Å². The van der Waals surface area contributed by atoms with E-state index in [1.807, 2.05) is 41.5 Å². The second kappa shape index (κ2) is 21.3. The van der Waals surface area contributed by atoms with Crippen LogP contribution in [0.3, 0.4) is 0 Å². The van der Waals surface area contributed by atoms with E-state index in [0.29, 0.717) is 50.4 Å². The molecule has 332 valence electrons. The summed E-state index contributed by atoms with van der Waals surface area (Å²) in [6, 6.07) is 8.86. The van der Waals surface area contributed by atoms with E-state index in [0.717, 1.165) is 8.61 Å². The number of anilines is 1. The minimum absolute atomic E-state index is 0.0116. The molecule has 0 unspecified atom stereocenters. The number of hydrogen-bond acceptors (Lipinski definition) is 13. The zero-order valence-electron chi connectivity index (χ0n) is 35.7. The molecule has 4 rings (SSSR count). The molecule has 0 aliphatic rings. The molecular weight excluding hydrogens is 825 g/mol. The lowest BCUT2D eigenvalue weighted by Crippen LogP contribution is -2.33. The second-order valence-corrected chi connectivity index (χ2v) is 19.8. The van der Waals surface area contributed by atoms with Crippen LogP contribution in [0.5, 0.6) is 0 Å². The van der Waals surface area contributed by atoms with Gasteiger partial charge in [-0.25, -0.2) is 38.2 Å². The lowest BCUT2D eigenvalue weighted by atomic mass is 9.93. The summed E-state index contributed by atoms with van der Waals surface area (Å²) in [5, 5.41) is 1.63. The number of ether oxygens (including phenoxy) is 6. The van der Waals surface area contributed by atoms with E-state index < -0.39 is 48.9 Å². The monoisotopic (exact) mass is 886 g/mol. The van der Waals surface area contributed by atoms with Crippen LogP contribution >= 0.6 is 0 Å². The average molecular weight is 887 g/mol. The van der Waals surface area contributed by atoms with Gasteiger partial charge < -0.3 is 34.2 Å². The predicted octanol–water partition coefficient (Wildman–Crippen LogP) is 5.40. The molecule has 4 aromatic carbocycles. The summed E-state index contributed by atoms with van der Waals surface area (Å²) in [6.45, 7) is 13.1. The van der Waals surface area contributed by atoms with Gasteiger partial charge in [-0.05, 0) is 53.7 Å². The zero-order chi connectivity index (χ0) is 43.7. The van der Waals surface area contributed by atoms with Crippen LogP contribution in [0.2, 0.25) is 0 Å². The molecule has 0 bridgehead atoms. The Morgan fingerprint density at radius 2 is 0.712 bits per heavy atom. The number of hydrogen-bond donors (Lipinski definition) is 1. The molecule has 0 aromatic heterocycles. The van der Waals surface area contributed by atoms with Gasteiger partial charge in [0.1, 0.15) is 0 Å². The summed E-state index contributed by atoms with van der Waals surface area (Å²) in [7, 11) is -8.78. The molecule has 0 amide bonds. The number of sulfonamides is 3. The Morgan fingerprint density at radius 3 is 1.00 bits per heavy atom. The first-order chi connectivity index (χ1) is 27.9. The normalized spacial score (nSPS) is 13.4. The number of nitrogen functional groups attached to an aromatic ring is 1. The Hall–Kier alpha value is -2.79. The molecule has 0 spiro atoms. The van der Waals surface area contributed by atoms with E-state index in [9.17, 15) is 25.3 Å². The number of nitrogens with zero attached hydrogens (tertiary/aromatic N) is 3. The average Bonchev–Trinajstić information content (AvgIpc) is 3.20. The predicted molar refractivity (Wildman–Crippen MR) is 229 cm³/mol. The van der Waals surface area contributed by atoms with E-state index in [1.54, 1.807) is 18.2 Å². The van der Waals surface area contributed by atoms with Crippen molar-refractivity contribution in [2.45, 2.75) is 94.4 Å². The van der Waals surface area contributed by atoms with Gasteiger partial charge in [0.2, 0.25) is 30.1 Å². The quantitative estimate of drug-likeness (QED) is 0.0455. The van der Waals surface area contributed by atoms with Crippen molar-refractivity contribution in [1.29, 1.82) is 0 Å². The smallest absolute Gasteiger partial charge is 0.243 e. The van der Waals surface area contributed by atoms with Crippen molar-refractivity contribution in [3.05, 3.63) is 36.4 Å². The van der Waals surface area contributed by atoms with Gasteiger partial charge in [-0.2, -0.15) is 0 Å². The topological polar surface area (TPSA) is 194 Å². The van der Waals surface area contributed by atoms with Crippen LogP contribution in [-0.4, -0.2) is 137 Å². The van der Waals surface area contributed by atoms with Crippen molar-refractivity contribution in [3.8, 4) is 0 Å². The maximum absolute atomic E-state index is 14.7. The maximum atomic E-state index is 14.7. The maximum Gasteiger partial charge on any atom is 0.243 e. The molecule has 0 radical (unpaired) electrons. The number of rotatable bonds is 27. The van der Waals surface area contributed by atoms with Gasteiger partial charge in [0.05, 0.1) is 14.7 Å². The van der Waals surface area contributed by atoms with Gasteiger partial charge in [0, 0.05) is 138 Å². The number of nitrogens with two attached hydrogens (primary N) is 1. The van der Waals surface area contributed by atoms with Crippen molar-refractivity contribution >= 4 is 68.1 Å². The molecule has 0 saturated heterocycles. The van der Waals surface area contributed by atoms with E-state index in [4.69, 9.17) is 34.2 Å². The van der Waals surface area contributed by atoms with E-state index in [2.05, 4.69) is 0 Å². The fourth-order valence-corrected chi connectivity index (χ4v) is 11.3. The summed E-state index contributed by atoms with van der Waals surface area (Å²) in [5.74, 6) is 0. The molecule has 0 heterocycles. The van der Waals surface area contributed by atoms with Crippen molar-refractivity contribution in [2.75, 3.05) is 86.2 Å². The number of benzene rings is 4. The lowest BCUT2D eigenvalue weighted by Gasteiger charge is -2.26. The summed E-state index contributed by atoms with van der Waals surface area (Å²) in [4.78, 5) is -0.672. The fraction of sp³-hybridized carbons (Fsp3) is 0.600. The largest absolute Gasteiger partial charge is 0.398 e. The minimum Gasteiger partial charge on any atom is -0.398 e. The molecule has 4 aromatic rings. The van der Waals surface area contributed by atoms with Crippen molar-refractivity contribution in [1.82, 2.24) is 12.9 Å². The summed E-state index contributed by atoms with van der Waals surface area (Å²) in [5.41, 5.74) is 6.73. The zero-order valence-corrected chi connectivity index (χ0v) is 38.2. The highest BCUT2D eigenvalue weighted by molar-refractivity contribution is 7.90. The van der Waals surface area contributed by atoms with Crippen molar-refractivity contribution in [2.24, 2.45) is 0 Å². The highest BCUT2D eigenvalue weighted by atomic mass is 32.2.